The Bertz CT molecular complexity index is 985. The summed E-state index contributed by atoms with van der Waals surface area (Å²) in [5.41, 5.74) is 0. The summed E-state index contributed by atoms with van der Waals surface area (Å²) in [5, 5.41) is 2.69. The minimum absolute atomic E-state index is 0.0194. The smallest absolute Gasteiger partial charge is 0.306 e. The highest BCUT2D eigenvalue weighted by Crippen LogP contribution is 2.14. The zero-order chi connectivity index (χ0) is 38.6. The lowest BCUT2D eigenvalue weighted by molar-refractivity contribution is -0.163. The van der Waals surface area contributed by atoms with E-state index in [2.05, 4.69) is 19.2 Å². The molecular weight excluding hydrogens is 676 g/mol. The van der Waals surface area contributed by atoms with Crippen molar-refractivity contribution in [3.05, 3.63) is 12.2 Å². The number of amides is 3. The first-order chi connectivity index (χ1) is 25.9. The highest BCUT2D eigenvalue weighted by Gasteiger charge is 2.23. The number of nitrogens with one attached hydrogen (secondary N) is 1. The van der Waals surface area contributed by atoms with Crippen LogP contribution in [-0.4, -0.2) is 86.8 Å². The summed E-state index contributed by atoms with van der Waals surface area (Å²) in [7, 11) is 0. The van der Waals surface area contributed by atoms with Crippen molar-refractivity contribution in [1.29, 1.82) is 0 Å². The fourth-order valence-electron chi connectivity index (χ4n) is 6.14. The number of ether oxygens (including phenoxy) is 4. The molecule has 11 heteroatoms. The Morgan fingerprint density at radius 3 is 1.53 bits per heavy atom. The molecule has 0 aliphatic carbocycles. The van der Waals surface area contributed by atoms with Crippen molar-refractivity contribution in [1.82, 2.24) is 10.2 Å². The largest absolute Gasteiger partial charge is 0.462 e. The van der Waals surface area contributed by atoms with Gasteiger partial charge in [-0.3, -0.25) is 28.9 Å². The molecule has 0 spiro atoms. The molecule has 0 radical (unpaired) electrons. The van der Waals surface area contributed by atoms with Gasteiger partial charge in [0.1, 0.15) is 6.61 Å². The second kappa shape index (κ2) is 34.9. The second-order valence-electron chi connectivity index (χ2n) is 14.3. The number of carbonyl (C=O) groups excluding carboxylic acids is 5. The number of rotatable bonds is 38. The van der Waals surface area contributed by atoms with E-state index in [4.69, 9.17) is 18.9 Å². The van der Waals surface area contributed by atoms with E-state index in [9.17, 15) is 24.0 Å². The number of nitrogens with zero attached hydrogens (tertiary/aromatic N) is 1. The molecular formula is C42H74N2O9. The van der Waals surface area contributed by atoms with Crippen LogP contribution in [0.4, 0.5) is 0 Å². The van der Waals surface area contributed by atoms with E-state index in [-0.39, 0.29) is 70.4 Å². The Balaban J connectivity index is 2.26. The van der Waals surface area contributed by atoms with Crippen molar-refractivity contribution in [2.75, 3.05) is 46.1 Å². The third-order valence-electron chi connectivity index (χ3n) is 9.40. The van der Waals surface area contributed by atoms with Gasteiger partial charge in [-0.1, -0.05) is 142 Å². The first-order valence-electron chi connectivity index (χ1n) is 21.2. The van der Waals surface area contributed by atoms with Crippen molar-refractivity contribution >= 4 is 29.7 Å². The summed E-state index contributed by atoms with van der Waals surface area (Å²) in [6, 6.07) is 0. The molecule has 306 valence electrons. The average molecular weight is 751 g/mol. The van der Waals surface area contributed by atoms with E-state index >= 15 is 0 Å². The van der Waals surface area contributed by atoms with Gasteiger partial charge >= 0.3 is 11.9 Å². The zero-order valence-electron chi connectivity index (χ0n) is 33.5. The Morgan fingerprint density at radius 2 is 1.02 bits per heavy atom. The molecule has 0 saturated carbocycles. The highest BCUT2D eigenvalue weighted by molar-refractivity contribution is 6.13. The van der Waals surface area contributed by atoms with Crippen LogP contribution in [0, 0.1) is 0 Å². The molecule has 0 aromatic rings. The molecule has 0 aromatic carbocycles. The van der Waals surface area contributed by atoms with Gasteiger partial charge in [0.05, 0.1) is 26.4 Å². The van der Waals surface area contributed by atoms with Crippen LogP contribution in [0.3, 0.4) is 0 Å². The maximum absolute atomic E-state index is 12.6. The van der Waals surface area contributed by atoms with Gasteiger partial charge in [-0.05, 0) is 12.8 Å². The number of hydrogen-bond acceptors (Lipinski definition) is 9. The SMILES string of the molecule is CCCCCCCCCCCCCC(=O)OCC(COCCOCCNC(=O)CCN1C(=O)C=CC1=O)OC(=O)CCCCCCCCCCCCC. The molecule has 3 amide bonds. The minimum atomic E-state index is -0.694. The fourth-order valence-corrected chi connectivity index (χ4v) is 6.14. The summed E-state index contributed by atoms with van der Waals surface area (Å²) in [4.78, 5) is 61.3. The maximum atomic E-state index is 12.6. The molecule has 0 aromatic heterocycles. The molecule has 1 unspecified atom stereocenters. The third-order valence-corrected chi connectivity index (χ3v) is 9.40. The standard InChI is InChI=1S/C42H74N2O9/c1-3-5-7-9-11-13-15-17-19-21-23-25-41(48)52-36-37(53-42(49)26-24-22-20-18-16-14-12-10-8-6-4-2)35-51-34-33-50-32-30-43-38(45)29-31-44-39(46)27-28-40(44)47/h27-28,37H,3-26,29-36H2,1-2H3,(H,43,45). The van der Waals surface area contributed by atoms with Crippen LogP contribution < -0.4 is 5.32 Å². The van der Waals surface area contributed by atoms with Gasteiger partial charge in [0.25, 0.3) is 11.8 Å². The van der Waals surface area contributed by atoms with Crippen LogP contribution in [0.15, 0.2) is 12.2 Å². The lowest BCUT2D eigenvalue weighted by Gasteiger charge is -2.18. The van der Waals surface area contributed by atoms with Crippen LogP contribution in [0.25, 0.3) is 0 Å². The minimum Gasteiger partial charge on any atom is -0.462 e. The Hall–Kier alpha value is -2.79. The molecule has 1 N–H and O–H groups in total. The Morgan fingerprint density at radius 1 is 0.566 bits per heavy atom. The molecule has 0 saturated heterocycles. The molecule has 1 aliphatic heterocycles. The lowest BCUT2D eigenvalue weighted by Crippen LogP contribution is -2.35. The zero-order valence-corrected chi connectivity index (χ0v) is 33.5. The first-order valence-corrected chi connectivity index (χ1v) is 21.2. The first kappa shape index (κ1) is 48.2. The van der Waals surface area contributed by atoms with Crippen molar-refractivity contribution in [2.45, 2.75) is 180 Å². The van der Waals surface area contributed by atoms with Gasteiger partial charge < -0.3 is 24.3 Å². The molecule has 1 aliphatic rings. The summed E-state index contributed by atoms with van der Waals surface area (Å²) in [6.07, 6.45) is 28.9. The Labute approximate surface area is 321 Å². The second-order valence-corrected chi connectivity index (χ2v) is 14.3. The van der Waals surface area contributed by atoms with Crippen LogP contribution in [0.1, 0.15) is 174 Å². The van der Waals surface area contributed by atoms with Crippen molar-refractivity contribution in [3.8, 4) is 0 Å². The predicted octanol–water partition coefficient (Wildman–Crippen LogP) is 8.31. The monoisotopic (exact) mass is 751 g/mol. The van der Waals surface area contributed by atoms with E-state index in [0.717, 1.165) is 43.4 Å². The third kappa shape index (κ3) is 29.3. The van der Waals surface area contributed by atoms with Crippen molar-refractivity contribution in [3.63, 3.8) is 0 Å². The fraction of sp³-hybridized carbons (Fsp3) is 0.833. The number of imide groups is 1. The van der Waals surface area contributed by atoms with Gasteiger partial charge in [0.15, 0.2) is 6.10 Å². The summed E-state index contributed by atoms with van der Waals surface area (Å²) < 4.78 is 22.4. The quantitative estimate of drug-likeness (QED) is 0.0375. The maximum Gasteiger partial charge on any atom is 0.306 e. The number of unbranched alkanes of at least 4 members (excludes halogenated alkanes) is 20. The topological polar surface area (TPSA) is 138 Å². The van der Waals surface area contributed by atoms with Crippen molar-refractivity contribution < 1.29 is 42.9 Å². The van der Waals surface area contributed by atoms with Crippen LogP contribution >= 0.6 is 0 Å². The Kier molecular flexibility index (Phi) is 31.8. The van der Waals surface area contributed by atoms with Gasteiger partial charge in [-0.2, -0.15) is 0 Å². The predicted molar refractivity (Wildman–Crippen MR) is 208 cm³/mol. The van der Waals surface area contributed by atoms with Gasteiger partial charge in [0.2, 0.25) is 5.91 Å². The van der Waals surface area contributed by atoms with E-state index in [1.807, 2.05) is 0 Å². The molecule has 53 heavy (non-hydrogen) atoms. The van der Waals surface area contributed by atoms with Gasteiger partial charge in [-0.25, -0.2) is 0 Å². The van der Waals surface area contributed by atoms with Gasteiger partial charge in [-0.15, -0.1) is 0 Å². The number of carbonyl (C=O) groups is 5. The molecule has 1 heterocycles. The normalized spacial score (nSPS) is 13.1. The van der Waals surface area contributed by atoms with Crippen LogP contribution in [-0.2, 0) is 42.9 Å². The summed E-state index contributed by atoms with van der Waals surface area (Å²) in [6.45, 7) is 5.57. The van der Waals surface area contributed by atoms with E-state index in [1.165, 1.54) is 115 Å². The van der Waals surface area contributed by atoms with E-state index in [0.29, 0.717) is 12.8 Å². The lowest BCUT2D eigenvalue weighted by atomic mass is 10.1. The molecule has 0 fully saturated rings. The molecule has 1 atom stereocenters. The van der Waals surface area contributed by atoms with Gasteiger partial charge in [0, 0.05) is 44.5 Å². The number of hydrogen-bond donors (Lipinski definition) is 1. The summed E-state index contributed by atoms with van der Waals surface area (Å²) >= 11 is 0. The summed E-state index contributed by atoms with van der Waals surface area (Å²) in [5.74, 6) is -1.70. The van der Waals surface area contributed by atoms with Crippen LogP contribution in [0.5, 0.6) is 0 Å². The van der Waals surface area contributed by atoms with Crippen LogP contribution in [0.2, 0.25) is 0 Å². The average Bonchev–Trinajstić information content (AvgIpc) is 3.47. The highest BCUT2D eigenvalue weighted by atomic mass is 16.6. The van der Waals surface area contributed by atoms with E-state index < -0.39 is 17.9 Å². The number of esters is 2. The molecule has 0 bridgehead atoms. The molecule has 1 rings (SSSR count). The van der Waals surface area contributed by atoms with Crippen molar-refractivity contribution in [2.24, 2.45) is 0 Å². The van der Waals surface area contributed by atoms with E-state index in [1.54, 1.807) is 0 Å². The molecule has 11 nitrogen and oxygen atoms in total.